The van der Waals surface area contributed by atoms with E-state index in [1.165, 1.54) is 10.9 Å². The molecule has 5 heteroatoms. The van der Waals surface area contributed by atoms with Gasteiger partial charge >= 0.3 is 0 Å². The molecule has 41 heavy (non-hydrogen) atoms. The predicted octanol–water partition coefficient (Wildman–Crippen LogP) is 7.67. The molecule has 3 aliphatic heterocycles. The minimum absolute atomic E-state index is 0.0239. The average molecular weight is 526 g/mol. The molecular weight excluding hydrogens is 503 g/mol. The fourth-order valence-electron chi connectivity index (χ4n) is 6.64. The summed E-state index contributed by atoms with van der Waals surface area (Å²) < 4.78 is 13.5. The van der Waals surface area contributed by atoms with Crippen molar-refractivity contribution in [1.82, 2.24) is 0 Å². The third kappa shape index (κ3) is 3.23. The van der Waals surface area contributed by atoms with E-state index in [4.69, 9.17) is 9.47 Å². The molecule has 0 N–H and O–H groups in total. The second kappa shape index (κ2) is 8.54. The van der Waals surface area contributed by atoms with Gasteiger partial charge in [0.15, 0.2) is 0 Å². The summed E-state index contributed by atoms with van der Waals surface area (Å²) in [4.78, 5) is 4.58. The Bertz CT molecular complexity index is 1840. The molecule has 6 aromatic rings. The molecule has 0 saturated carbocycles. The van der Waals surface area contributed by atoms with Gasteiger partial charge in [0.05, 0.1) is 5.69 Å². The number of anilines is 6. The topological polar surface area (TPSA) is 24.9 Å². The molecule has 192 valence electrons. The Balaban J connectivity index is 1.29. The van der Waals surface area contributed by atoms with Gasteiger partial charge in [0.25, 0.3) is 6.71 Å². The van der Waals surface area contributed by atoms with Crippen LogP contribution in [0.3, 0.4) is 0 Å². The monoisotopic (exact) mass is 526 g/mol. The van der Waals surface area contributed by atoms with Crippen LogP contribution in [0.2, 0.25) is 0 Å². The highest BCUT2D eigenvalue weighted by Crippen LogP contribution is 2.47. The van der Waals surface area contributed by atoms with Crippen molar-refractivity contribution in [1.29, 1.82) is 0 Å². The van der Waals surface area contributed by atoms with Gasteiger partial charge in [0.2, 0.25) is 0 Å². The lowest BCUT2D eigenvalue weighted by molar-refractivity contribution is 0.464. The Morgan fingerprint density at radius 1 is 0.439 bits per heavy atom. The van der Waals surface area contributed by atoms with Crippen LogP contribution in [0.5, 0.6) is 23.0 Å². The summed E-state index contributed by atoms with van der Waals surface area (Å²) >= 11 is 0. The van der Waals surface area contributed by atoms with E-state index in [2.05, 4.69) is 137 Å². The van der Waals surface area contributed by atoms with E-state index in [9.17, 15) is 0 Å². The Hall–Kier alpha value is -5.42. The minimum Gasteiger partial charge on any atom is -0.458 e. The zero-order chi connectivity index (χ0) is 26.9. The lowest BCUT2D eigenvalue weighted by Gasteiger charge is -2.43. The number of para-hydroxylation sites is 3. The molecule has 6 aromatic carbocycles. The molecule has 0 amide bonds. The van der Waals surface area contributed by atoms with Gasteiger partial charge in [-0.1, -0.05) is 66.7 Å². The zero-order valence-corrected chi connectivity index (χ0v) is 22.1. The van der Waals surface area contributed by atoms with Crippen LogP contribution in [-0.2, 0) is 0 Å². The van der Waals surface area contributed by atoms with Crippen molar-refractivity contribution in [2.24, 2.45) is 0 Å². The van der Waals surface area contributed by atoms with E-state index in [0.717, 1.165) is 62.6 Å². The van der Waals surface area contributed by atoms with Crippen molar-refractivity contribution in [3.05, 3.63) is 140 Å². The van der Waals surface area contributed by atoms with Gasteiger partial charge in [0, 0.05) is 46.0 Å². The maximum absolute atomic E-state index is 6.76. The van der Waals surface area contributed by atoms with Gasteiger partial charge in [-0.15, -0.1) is 0 Å². The number of hydrogen-bond donors (Lipinski definition) is 0. The van der Waals surface area contributed by atoms with Crippen LogP contribution in [0.15, 0.2) is 140 Å². The SMILES string of the molecule is c1ccc(N(c2ccccc2)c2cc3c4c(c2)Oc2cccc5c2B4c2c(cccc2N5c2ccccc2)O3)cc1. The maximum atomic E-state index is 6.76. The first-order valence-electron chi connectivity index (χ1n) is 13.9. The molecule has 0 atom stereocenters. The fraction of sp³-hybridized carbons (Fsp3) is 0. The number of hydrogen-bond acceptors (Lipinski definition) is 4. The van der Waals surface area contributed by atoms with Gasteiger partial charge < -0.3 is 19.3 Å². The molecule has 9 rings (SSSR count). The molecule has 0 saturated heterocycles. The van der Waals surface area contributed by atoms with Crippen LogP contribution < -0.4 is 35.7 Å². The first-order valence-corrected chi connectivity index (χ1v) is 13.9. The third-order valence-corrected chi connectivity index (χ3v) is 8.26. The van der Waals surface area contributed by atoms with Crippen molar-refractivity contribution in [2.75, 3.05) is 9.80 Å². The predicted molar refractivity (Wildman–Crippen MR) is 167 cm³/mol. The molecule has 0 unspecified atom stereocenters. The summed E-state index contributed by atoms with van der Waals surface area (Å²) in [5.41, 5.74) is 9.97. The number of nitrogens with zero attached hydrogens (tertiary/aromatic N) is 2. The van der Waals surface area contributed by atoms with E-state index >= 15 is 0 Å². The van der Waals surface area contributed by atoms with E-state index in [1.54, 1.807) is 0 Å². The summed E-state index contributed by atoms with van der Waals surface area (Å²) in [5.74, 6) is 3.44. The molecule has 0 aliphatic carbocycles. The Kier molecular flexibility index (Phi) is 4.67. The lowest BCUT2D eigenvalue weighted by Crippen LogP contribution is -2.61. The minimum atomic E-state index is 0.0239. The molecule has 0 aromatic heterocycles. The number of ether oxygens (including phenoxy) is 2. The van der Waals surface area contributed by atoms with Gasteiger partial charge in [-0.2, -0.15) is 0 Å². The van der Waals surface area contributed by atoms with Crippen LogP contribution in [0.1, 0.15) is 0 Å². The highest BCUT2D eigenvalue weighted by Gasteiger charge is 2.47. The Morgan fingerprint density at radius 3 is 1.44 bits per heavy atom. The van der Waals surface area contributed by atoms with Gasteiger partial charge in [-0.05, 0) is 71.6 Å². The molecule has 3 heterocycles. The van der Waals surface area contributed by atoms with Crippen molar-refractivity contribution >= 4 is 57.2 Å². The van der Waals surface area contributed by atoms with E-state index in [-0.39, 0.29) is 6.71 Å². The zero-order valence-electron chi connectivity index (χ0n) is 22.1. The summed E-state index contributed by atoms with van der Waals surface area (Å²) in [6, 6.07) is 48.5. The summed E-state index contributed by atoms with van der Waals surface area (Å²) in [5, 5.41) is 0. The van der Waals surface area contributed by atoms with E-state index < -0.39 is 0 Å². The van der Waals surface area contributed by atoms with Crippen LogP contribution in [0, 0.1) is 0 Å². The molecule has 0 bridgehead atoms. The maximum Gasteiger partial charge on any atom is 0.266 e. The smallest absolute Gasteiger partial charge is 0.266 e. The highest BCUT2D eigenvalue weighted by molar-refractivity contribution is 7.00. The fourth-order valence-corrected chi connectivity index (χ4v) is 6.64. The van der Waals surface area contributed by atoms with Gasteiger partial charge in [0.1, 0.15) is 23.0 Å². The van der Waals surface area contributed by atoms with Crippen LogP contribution in [-0.4, -0.2) is 6.71 Å². The molecule has 4 nitrogen and oxygen atoms in total. The van der Waals surface area contributed by atoms with E-state index in [0.29, 0.717) is 0 Å². The second-order valence-corrected chi connectivity index (χ2v) is 10.5. The standard InChI is InChI=1S/C36H23BN2O2/c1-4-12-24(13-5-1)38(25-14-6-2-7-15-25)27-22-32-36-33(23-27)41-31-21-11-19-29-35(31)37(36)34-28(18-10-20-30(34)40-32)39(29)26-16-8-3-9-17-26/h1-23H. The lowest BCUT2D eigenvalue weighted by atomic mass is 9.33. The molecule has 0 fully saturated rings. The van der Waals surface area contributed by atoms with Gasteiger partial charge in [-0.3, -0.25) is 0 Å². The van der Waals surface area contributed by atoms with Crippen molar-refractivity contribution in [3.63, 3.8) is 0 Å². The van der Waals surface area contributed by atoms with Crippen molar-refractivity contribution in [3.8, 4) is 23.0 Å². The average Bonchev–Trinajstić information content (AvgIpc) is 3.03. The largest absolute Gasteiger partial charge is 0.458 e. The second-order valence-electron chi connectivity index (χ2n) is 10.5. The van der Waals surface area contributed by atoms with Crippen molar-refractivity contribution < 1.29 is 9.47 Å². The van der Waals surface area contributed by atoms with Crippen LogP contribution in [0.25, 0.3) is 0 Å². The summed E-state index contributed by atoms with van der Waals surface area (Å²) in [6.45, 7) is 0.0239. The van der Waals surface area contributed by atoms with Crippen LogP contribution >= 0.6 is 0 Å². The Labute approximate surface area is 238 Å². The van der Waals surface area contributed by atoms with Crippen LogP contribution in [0.4, 0.5) is 34.1 Å². The normalized spacial score (nSPS) is 13.2. The number of benzene rings is 6. The van der Waals surface area contributed by atoms with Crippen molar-refractivity contribution in [2.45, 2.75) is 0 Å². The quantitative estimate of drug-likeness (QED) is 0.220. The molecule has 0 spiro atoms. The molecule has 0 radical (unpaired) electrons. The van der Waals surface area contributed by atoms with Gasteiger partial charge in [-0.25, -0.2) is 0 Å². The first-order chi connectivity index (χ1) is 20.3. The number of rotatable bonds is 4. The van der Waals surface area contributed by atoms with E-state index in [1.807, 2.05) is 12.1 Å². The molecular formula is C36H23BN2O2. The Morgan fingerprint density at radius 2 is 0.927 bits per heavy atom. The third-order valence-electron chi connectivity index (χ3n) is 8.26. The molecule has 3 aliphatic rings. The summed E-state index contributed by atoms with van der Waals surface area (Å²) in [7, 11) is 0. The first kappa shape index (κ1) is 22.4. The highest BCUT2D eigenvalue weighted by atomic mass is 16.5. The summed E-state index contributed by atoms with van der Waals surface area (Å²) in [6.07, 6.45) is 0.